The Kier molecular flexibility index (Phi) is 2.67. The summed E-state index contributed by atoms with van der Waals surface area (Å²) in [6.07, 6.45) is 3.38. The minimum atomic E-state index is 0.532. The fourth-order valence-electron chi connectivity index (χ4n) is 2.05. The van der Waals surface area contributed by atoms with E-state index < -0.39 is 0 Å². The second-order valence-corrected chi connectivity index (χ2v) is 4.88. The molecule has 1 aliphatic heterocycles. The fraction of sp³-hybridized carbons (Fsp3) is 0.500. The van der Waals surface area contributed by atoms with Crippen LogP contribution in [0.25, 0.3) is 5.00 Å². The van der Waals surface area contributed by atoms with Crippen LogP contribution in [0.4, 0.5) is 0 Å². The van der Waals surface area contributed by atoms with E-state index in [9.17, 15) is 0 Å². The van der Waals surface area contributed by atoms with Crippen LogP contribution in [-0.2, 0) is 6.42 Å². The van der Waals surface area contributed by atoms with Crippen molar-refractivity contribution in [1.82, 2.24) is 25.5 Å². The van der Waals surface area contributed by atoms with Crippen LogP contribution in [-0.4, -0.2) is 32.8 Å². The first-order valence-corrected chi connectivity index (χ1v) is 6.36. The number of rotatable bonds is 3. The molecule has 1 unspecified atom stereocenters. The molecular formula is C10H13N5S. The van der Waals surface area contributed by atoms with Crippen LogP contribution < -0.4 is 5.32 Å². The third-order valence-corrected chi connectivity index (χ3v) is 3.68. The van der Waals surface area contributed by atoms with Gasteiger partial charge >= 0.3 is 0 Å². The van der Waals surface area contributed by atoms with Crippen molar-refractivity contribution >= 4 is 11.3 Å². The van der Waals surface area contributed by atoms with Gasteiger partial charge in [0.2, 0.25) is 0 Å². The maximum absolute atomic E-state index is 4.10. The maximum atomic E-state index is 4.10. The molecule has 0 spiro atoms. The summed E-state index contributed by atoms with van der Waals surface area (Å²) in [5.74, 6) is 0.946. The highest BCUT2D eigenvalue weighted by Crippen LogP contribution is 2.17. The van der Waals surface area contributed by atoms with Crippen LogP contribution in [0.1, 0.15) is 18.7 Å². The second kappa shape index (κ2) is 4.31. The third-order valence-electron chi connectivity index (χ3n) is 2.84. The molecule has 1 saturated heterocycles. The van der Waals surface area contributed by atoms with Crippen molar-refractivity contribution in [3.05, 3.63) is 23.3 Å². The van der Waals surface area contributed by atoms with E-state index in [1.165, 1.54) is 12.8 Å². The quantitative estimate of drug-likeness (QED) is 0.863. The topological polar surface area (TPSA) is 55.6 Å². The number of nitrogens with zero attached hydrogens (tertiary/aromatic N) is 4. The number of hydrogen-bond acceptors (Lipinski definition) is 5. The van der Waals surface area contributed by atoms with Gasteiger partial charge in [-0.15, -0.1) is 16.4 Å². The zero-order chi connectivity index (χ0) is 10.8. The van der Waals surface area contributed by atoms with Crippen LogP contribution in [0.5, 0.6) is 0 Å². The van der Waals surface area contributed by atoms with Crippen molar-refractivity contribution in [3.8, 4) is 5.00 Å². The summed E-state index contributed by atoms with van der Waals surface area (Å²) >= 11 is 1.65. The van der Waals surface area contributed by atoms with Gasteiger partial charge in [0.1, 0.15) is 5.00 Å². The zero-order valence-electron chi connectivity index (χ0n) is 8.83. The highest BCUT2D eigenvalue weighted by atomic mass is 32.1. The molecular weight excluding hydrogens is 222 g/mol. The molecule has 3 heterocycles. The van der Waals surface area contributed by atoms with Gasteiger partial charge in [-0.1, -0.05) is 0 Å². The number of aromatic nitrogens is 4. The fourth-order valence-corrected chi connectivity index (χ4v) is 2.74. The van der Waals surface area contributed by atoms with E-state index >= 15 is 0 Å². The Morgan fingerprint density at radius 2 is 2.56 bits per heavy atom. The van der Waals surface area contributed by atoms with Gasteiger partial charge in [0.25, 0.3) is 0 Å². The summed E-state index contributed by atoms with van der Waals surface area (Å²) in [6, 6.07) is 4.58. The number of nitrogens with one attached hydrogen (secondary N) is 1. The number of tetrazole rings is 1. The van der Waals surface area contributed by atoms with Crippen LogP contribution in [0.2, 0.25) is 0 Å². The summed E-state index contributed by atoms with van der Waals surface area (Å²) in [7, 11) is 0. The lowest BCUT2D eigenvalue weighted by atomic mass is 10.1. The summed E-state index contributed by atoms with van der Waals surface area (Å²) in [5, 5.41) is 18.5. The van der Waals surface area contributed by atoms with Crippen molar-refractivity contribution in [2.75, 3.05) is 6.54 Å². The smallest absolute Gasteiger partial charge is 0.159 e. The Bertz CT molecular complexity index is 443. The lowest BCUT2D eigenvalue weighted by Gasteiger charge is -2.08. The monoisotopic (exact) mass is 235 g/mol. The largest absolute Gasteiger partial charge is 0.314 e. The normalized spacial score (nSPS) is 20.4. The maximum Gasteiger partial charge on any atom is 0.159 e. The van der Waals surface area contributed by atoms with E-state index in [0.717, 1.165) is 23.8 Å². The van der Waals surface area contributed by atoms with Crippen molar-refractivity contribution < 1.29 is 0 Å². The van der Waals surface area contributed by atoms with E-state index in [0.29, 0.717) is 6.04 Å². The van der Waals surface area contributed by atoms with Crippen LogP contribution in [0.3, 0.4) is 0 Å². The van der Waals surface area contributed by atoms with Gasteiger partial charge in [-0.3, -0.25) is 0 Å². The SMILES string of the molecule is c1csc(-n2nnnc2CC2CCCN2)c1. The molecule has 0 saturated carbocycles. The lowest BCUT2D eigenvalue weighted by molar-refractivity contribution is 0.576. The summed E-state index contributed by atoms with van der Waals surface area (Å²) in [6.45, 7) is 1.12. The summed E-state index contributed by atoms with van der Waals surface area (Å²) in [5.41, 5.74) is 0. The predicted octanol–water partition coefficient (Wildman–Crippen LogP) is 1.02. The molecule has 6 heteroatoms. The molecule has 5 nitrogen and oxygen atoms in total. The van der Waals surface area contributed by atoms with Gasteiger partial charge in [0, 0.05) is 12.5 Å². The number of hydrogen-bond donors (Lipinski definition) is 1. The minimum Gasteiger partial charge on any atom is -0.314 e. The van der Waals surface area contributed by atoms with E-state index in [2.05, 4.69) is 20.8 Å². The van der Waals surface area contributed by atoms with Gasteiger partial charge in [-0.2, -0.15) is 4.68 Å². The average molecular weight is 235 g/mol. The lowest BCUT2D eigenvalue weighted by Crippen LogP contribution is -2.25. The van der Waals surface area contributed by atoms with E-state index in [-0.39, 0.29) is 0 Å². The molecule has 2 aromatic heterocycles. The zero-order valence-corrected chi connectivity index (χ0v) is 9.65. The summed E-state index contributed by atoms with van der Waals surface area (Å²) in [4.78, 5) is 0. The Morgan fingerprint density at radius 1 is 1.56 bits per heavy atom. The molecule has 2 aromatic rings. The second-order valence-electron chi connectivity index (χ2n) is 3.96. The van der Waals surface area contributed by atoms with Crippen molar-refractivity contribution in [2.45, 2.75) is 25.3 Å². The Labute approximate surface area is 97.5 Å². The molecule has 16 heavy (non-hydrogen) atoms. The molecule has 0 bridgehead atoms. The van der Waals surface area contributed by atoms with Gasteiger partial charge in [0.05, 0.1) is 0 Å². The number of thiophene rings is 1. The summed E-state index contributed by atoms with van der Waals surface area (Å²) < 4.78 is 1.84. The molecule has 1 atom stereocenters. The first-order valence-electron chi connectivity index (χ1n) is 5.48. The van der Waals surface area contributed by atoms with Gasteiger partial charge in [-0.05, 0) is 47.3 Å². The van der Waals surface area contributed by atoms with Gasteiger partial charge < -0.3 is 5.32 Å². The molecule has 1 fully saturated rings. The standard InChI is InChI=1S/C10H13N5S/c1-3-8(11-5-1)7-9-12-13-14-15(9)10-4-2-6-16-10/h2,4,6,8,11H,1,3,5,7H2. The van der Waals surface area contributed by atoms with Crippen molar-refractivity contribution in [1.29, 1.82) is 0 Å². The average Bonchev–Trinajstić information content (AvgIpc) is 2.98. The van der Waals surface area contributed by atoms with Crippen molar-refractivity contribution in [2.24, 2.45) is 0 Å². The molecule has 84 valence electrons. The van der Waals surface area contributed by atoms with Gasteiger partial charge in [0.15, 0.2) is 5.82 Å². The third kappa shape index (κ3) is 1.85. The van der Waals surface area contributed by atoms with Gasteiger partial charge in [-0.25, -0.2) is 0 Å². The van der Waals surface area contributed by atoms with Crippen LogP contribution in [0, 0.1) is 0 Å². The molecule has 0 radical (unpaired) electrons. The first-order chi connectivity index (χ1) is 7.93. The Balaban J connectivity index is 1.82. The van der Waals surface area contributed by atoms with E-state index in [1.54, 1.807) is 11.3 Å². The molecule has 0 aromatic carbocycles. The van der Waals surface area contributed by atoms with Crippen LogP contribution >= 0.6 is 11.3 Å². The Morgan fingerprint density at radius 3 is 3.31 bits per heavy atom. The highest BCUT2D eigenvalue weighted by molar-refractivity contribution is 7.12. The van der Waals surface area contributed by atoms with Crippen LogP contribution in [0.15, 0.2) is 17.5 Å². The molecule has 0 amide bonds. The molecule has 1 N–H and O–H groups in total. The van der Waals surface area contributed by atoms with Crippen molar-refractivity contribution in [3.63, 3.8) is 0 Å². The predicted molar refractivity (Wildman–Crippen MR) is 61.8 cm³/mol. The highest BCUT2D eigenvalue weighted by Gasteiger charge is 2.18. The molecule has 0 aliphatic carbocycles. The van der Waals surface area contributed by atoms with E-state index in [4.69, 9.17) is 0 Å². The Hall–Kier alpha value is -1.27. The van der Waals surface area contributed by atoms with E-state index in [1.807, 2.05) is 22.2 Å². The molecule has 1 aliphatic rings. The molecule has 3 rings (SSSR count). The minimum absolute atomic E-state index is 0.532. The first kappa shape index (κ1) is 9.92.